The van der Waals surface area contributed by atoms with Crippen LogP contribution in [0.15, 0.2) is 12.1 Å². The van der Waals surface area contributed by atoms with Gasteiger partial charge in [0, 0.05) is 25.6 Å². The molecule has 1 aromatic rings. The molecule has 0 aromatic heterocycles. The number of nitro groups is 1. The fraction of sp³-hybridized carbons (Fsp3) is 0.500. The summed E-state index contributed by atoms with van der Waals surface area (Å²) in [6.45, 7) is 5.58. The van der Waals surface area contributed by atoms with Crippen LogP contribution in [0.3, 0.4) is 0 Å². The smallest absolute Gasteiger partial charge is 0.274 e. The van der Waals surface area contributed by atoms with Gasteiger partial charge < -0.3 is 14.4 Å². The summed E-state index contributed by atoms with van der Waals surface area (Å²) in [5, 5.41) is 11.0. The number of hydrogen-bond donors (Lipinski definition) is 0. The Kier molecular flexibility index (Phi) is 4.62. The maximum atomic E-state index is 12.5. The Morgan fingerprint density at radius 1 is 1.29 bits per heavy atom. The summed E-state index contributed by atoms with van der Waals surface area (Å²) >= 11 is 0. The third-order valence-corrected chi connectivity index (χ3v) is 3.32. The average Bonchev–Trinajstić information content (AvgIpc) is 2.72. The predicted octanol–water partition coefficient (Wildman–Crippen LogP) is 2.24. The van der Waals surface area contributed by atoms with Crippen molar-refractivity contribution in [2.45, 2.75) is 20.3 Å². The van der Waals surface area contributed by atoms with E-state index in [1.807, 2.05) is 13.8 Å². The number of carbonyl (C=O) groups excluding carboxylic acids is 1. The molecule has 7 heteroatoms. The molecule has 0 atom stereocenters. The molecule has 0 radical (unpaired) electrons. The summed E-state index contributed by atoms with van der Waals surface area (Å²) in [6.07, 6.45) is 0.668. The minimum Gasteiger partial charge on any atom is -0.489 e. The Balaban J connectivity index is 2.54. The summed E-state index contributed by atoms with van der Waals surface area (Å²) in [5.74, 6) is 0.276. The van der Waals surface area contributed by atoms with Gasteiger partial charge in [0.25, 0.3) is 11.6 Å². The van der Waals surface area contributed by atoms with Crippen molar-refractivity contribution in [1.29, 1.82) is 0 Å². The van der Waals surface area contributed by atoms with Crippen molar-refractivity contribution >= 4 is 11.6 Å². The van der Waals surface area contributed by atoms with E-state index in [1.165, 1.54) is 12.1 Å². The van der Waals surface area contributed by atoms with Gasteiger partial charge in [0.05, 0.1) is 29.8 Å². The molecule has 0 unspecified atom stereocenters. The Hall–Kier alpha value is -2.31. The molecule has 0 fully saturated rings. The topological polar surface area (TPSA) is 81.9 Å². The molecule has 1 aromatic carbocycles. The Labute approximate surface area is 122 Å². The molecule has 0 saturated carbocycles. The molecule has 0 spiro atoms. The molecule has 0 N–H and O–H groups in total. The van der Waals surface area contributed by atoms with Gasteiger partial charge in [0.2, 0.25) is 0 Å². The fourth-order valence-electron chi connectivity index (χ4n) is 2.20. The standard InChI is InChI=1S/C14H18N2O5/c1-3-15(4-2)14(17)11-8-10(16(18)19)9-12-13(11)21-7-5-6-20-12/h8-9H,3-7H2,1-2H3. The Bertz CT molecular complexity index is 555. The van der Waals surface area contributed by atoms with Crippen LogP contribution in [-0.2, 0) is 0 Å². The van der Waals surface area contributed by atoms with Gasteiger partial charge in [-0.05, 0) is 13.8 Å². The molecule has 1 amide bonds. The van der Waals surface area contributed by atoms with Crippen LogP contribution in [0.25, 0.3) is 0 Å². The highest BCUT2D eigenvalue weighted by Crippen LogP contribution is 2.38. The first kappa shape index (κ1) is 15.1. The van der Waals surface area contributed by atoms with Crippen molar-refractivity contribution in [3.8, 4) is 11.5 Å². The maximum Gasteiger partial charge on any atom is 0.274 e. The van der Waals surface area contributed by atoms with E-state index in [2.05, 4.69) is 0 Å². The number of amides is 1. The number of hydrogen-bond acceptors (Lipinski definition) is 5. The van der Waals surface area contributed by atoms with Gasteiger partial charge in [0.15, 0.2) is 11.5 Å². The van der Waals surface area contributed by atoms with E-state index in [-0.39, 0.29) is 22.9 Å². The molecule has 1 aliphatic rings. The number of carbonyl (C=O) groups is 1. The monoisotopic (exact) mass is 294 g/mol. The SMILES string of the molecule is CCN(CC)C(=O)c1cc([N+](=O)[O-])cc2c1OCCCO2. The minimum absolute atomic E-state index is 0.172. The number of non-ortho nitro benzene ring substituents is 1. The number of rotatable bonds is 4. The first-order valence-electron chi connectivity index (χ1n) is 6.95. The lowest BCUT2D eigenvalue weighted by molar-refractivity contribution is -0.385. The summed E-state index contributed by atoms with van der Waals surface area (Å²) in [6, 6.07) is 2.56. The number of nitrogens with zero attached hydrogens (tertiary/aromatic N) is 2. The second kappa shape index (κ2) is 6.43. The third kappa shape index (κ3) is 3.07. The summed E-state index contributed by atoms with van der Waals surface area (Å²) in [4.78, 5) is 24.6. The zero-order valence-corrected chi connectivity index (χ0v) is 12.1. The van der Waals surface area contributed by atoms with E-state index in [0.717, 1.165) is 0 Å². The molecule has 1 heterocycles. The van der Waals surface area contributed by atoms with Crippen molar-refractivity contribution in [2.24, 2.45) is 0 Å². The van der Waals surface area contributed by atoms with Crippen LogP contribution in [0.2, 0.25) is 0 Å². The predicted molar refractivity (Wildman–Crippen MR) is 76.0 cm³/mol. The van der Waals surface area contributed by atoms with Gasteiger partial charge >= 0.3 is 0 Å². The van der Waals surface area contributed by atoms with Crippen molar-refractivity contribution in [2.75, 3.05) is 26.3 Å². The lowest BCUT2D eigenvalue weighted by Gasteiger charge is -2.20. The van der Waals surface area contributed by atoms with Gasteiger partial charge in [-0.15, -0.1) is 0 Å². The number of fused-ring (bicyclic) bond motifs is 1. The number of benzene rings is 1. The van der Waals surface area contributed by atoms with Crippen LogP contribution in [0, 0.1) is 10.1 Å². The molecule has 1 aliphatic heterocycles. The van der Waals surface area contributed by atoms with Crippen LogP contribution in [0.4, 0.5) is 5.69 Å². The zero-order chi connectivity index (χ0) is 15.4. The van der Waals surface area contributed by atoms with E-state index >= 15 is 0 Å². The molecule has 21 heavy (non-hydrogen) atoms. The molecule has 0 saturated heterocycles. The van der Waals surface area contributed by atoms with E-state index in [0.29, 0.717) is 38.5 Å². The highest BCUT2D eigenvalue weighted by molar-refractivity contribution is 5.98. The lowest BCUT2D eigenvalue weighted by Crippen LogP contribution is -2.30. The van der Waals surface area contributed by atoms with Gasteiger partial charge in [-0.25, -0.2) is 0 Å². The second-order valence-electron chi connectivity index (χ2n) is 4.61. The quantitative estimate of drug-likeness (QED) is 0.628. The van der Waals surface area contributed by atoms with Crippen molar-refractivity contribution < 1.29 is 19.2 Å². The first-order chi connectivity index (χ1) is 10.1. The molecule has 2 rings (SSSR count). The van der Waals surface area contributed by atoms with Crippen LogP contribution in [0.5, 0.6) is 11.5 Å². The van der Waals surface area contributed by atoms with E-state index < -0.39 is 4.92 Å². The Morgan fingerprint density at radius 2 is 1.95 bits per heavy atom. The van der Waals surface area contributed by atoms with E-state index in [1.54, 1.807) is 4.90 Å². The summed E-state index contributed by atoms with van der Waals surface area (Å²) in [7, 11) is 0. The van der Waals surface area contributed by atoms with Crippen LogP contribution < -0.4 is 9.47 Å². The fourth-order valence-corrected chi connectivity index (χ4v) is 2.20. The molecular formula is C14H18N2O5. The van der Waals surface area contributed by atoms with E-state index in [4.69, 9.17) is 9.47 Å². The normalized spacial score (nSPS) is 13.4. The number of nitro benzene ring substituents is 1. The van der Waals surface area contributed by atoms with Crippen LogP contribution in [-0.4, -0.2) is 42.0 Å². The lowest BCUT2D eigenvalue weighted by atomic mass is 10.1. The van der Waals surface area contributed by atoms with Crippen molar-refractivity contribution in [1.82, 2.24) is 4.90 Å². The first-order valence-corrected chi connectivity index (χ1v) is 6.95. The highest BCUT2D eigenvalue weighted by atomic mass is 16.6. The minimum atomic E-state index is -0.534. The maximum absolute atomic E-state index is 12.5. The molecule has 0 bridgehead atoms. The average molecular weight is 294 g/mol. The highest BCUT2D eigenvalue weighted by Gasteiger charge is 2.26. The van der Waals surface area contributed by atoms with Crippen molar-refractivity contribution in [3.05, 3.63) is 27.8 Å². The van der Waals surface area contributed by atoms with Crippen LogP contribution in [0.1, 0.15) is 30.6 Å². The Morgan fingerprint density at radius 3 is 2.57 bits per heavy atom. The summed E-state index contributed by atoms with van der Waals surface area (Å²) < 4.78 is 11.1. The summed E-state index contributed by atoms with van der Waals surface area (Å²) in [5.41, 5.74) is 0.0135. The largest absolute Gasteiger partial charge is 0.489 e. The van der Waals surface area contributed by atoms with Crippen molar-refractivity contribution in [3.63, 3.8) is 0 Å². The molecule has 114 valence electrons. The number of ether oxygens (including phenoxy) is 2. The molecule has 0 aliphatic carbocycles. The third-order valence-electron chi connectivity index (χ3n) is 3.32. The van der Waals surface area contributed by atoms with Gasteiger partial charge in [-0.2, -0.15) is 0 Å². The molecule has 7 nitrogen and oxygen atoms in total. The van der Waals surface area contributed by atoms with Crippen LogP contribution >= 0.6 is 0 Å². The van der Waals surface area contributed by atoms with E-state index in [9.17, 15) is 14.9 Å². The van der Waals surface area contributed by atoms with Gasteiger partial charge in [0.1, 0.15) is 0 Å². The zero-order valence-electron chi connectivity index (χ0n) is 12.1. The van der Waals surface area contributed by atoms with Gasteiger partial charge in [-0.1, -0.05) is 0 Å². The molecular weight excluding hydrogens is 276 g/mol. The van der Waals surface area contributed by atoms with Gasteiger partial charge in [-0.3, -0.25) is 14.9 Å². The second-order valence-corrected chi connectivity index (χ2v) is 4.61.